The number of carbonyl (C=O) groups is 1. The number of likely N-dealkylation sites (tertiary alicyclic amines) is 1. The molecular weight excluding hydrogens is 202 g/mol. The van der Waals surface area contributed by atoms with Crippen molar-refractivity contribution >= 4 is 17.5 Å². The predicted octanol–water partition coefficient (Wildman–Crippen LogP) is 1.11. The van der Waals surface area contributed by atoms with Gasteiger partial charge in [-0.25, -0.2) is 0 Å². The first-order valence-corrected chi connectivity index (χ1v) is 5.77. The van der Waals surface area contributed by atoms with Crippen LogP contribution >= 0.6 is 11.6 Å². The molecule has 3 nitrogen and oxygen atoms in total. The molecule has 1 amide bonds. The van der Waals surface area contributed by atoms with E-state index >= 15 is 0 Å². The molecule has 2 heterocycles. The van der Waals surface area contributed by atoms with Crippen molar-refractivity contribution in [2.45, 2.75) is 12.8 Å². The molecule has 14 heavy (non-hydrogen) atoms. The lowest BCUT2D eigenvalue weighted by Gasteiger charge is -2.40. The highest BCUT2D eigenvalue weighted by molar-refractivity contribution is 6.18. The first-order valence-electron chi connectivity index (χ1n) is 5.23. The number of halogens is 1. The molecule has 0 aromatic heterocycles. The van der Waals surface area contributed by atoms with Gasteiger partial charge >= 0.3 is 0 Å². The van der Waals surface area contributed by atoms with Crippen molar-refractivity contribution in [2.24, 2.45) is 11.8 Å². The molecule has 0 bridgehead atoms. The summed E-state index contributed by atoms with van der Waals surface area (Å²) in [7, 11) is 0. The smallest absolute Gasteiger partial charge is 0.228 e. The van der Waals surface area contributed by atoms with Gasteiger partial charge in [-0.1, -0.05) is 0 Å². The number of hydrogen-bond donors (Lipinski definition) is 0. The molecule has 0 aromatic carbocycles. The summed E-state index contributed by atoms with van der Waals surface area (Å²) in [6.07, 6.45) is 2.00. The fourth-order valence-electron chi connectivity index (χ4n) is 2.04. The summed E-state index contributed by atoms with van der Waals surface area (Å²) in [5.74, 6) is 1.57. The van der Waals surface area contributed by atoms with Crippen molar-refractivity contribution in [3.05, 3.63) is 0 Å². The molecule has 0 saturated carbocycles. The largest absolute Gasteiger partial charge is 0.381 e. The minimum absolute atomic E-state index is 0.111. The molecular formula is C10H16ClNO2. The number of rotatable bonds is 2. The van der Waals surface area contributed by atoms with E-state index in [1.54, 1.807) is 0 Å². The third-order valence-corrected chi connectivity index (χ3v) is 3.43. The zero-order valence-corrected chi connectivity index (χ0v) is 9.00. The normalized spacial score (nSPS) is 28.6. The fourth-order valence-corrected chi connectivity index (χ4v) is 2.24. The highest BCUT2D eigenvalue weighted by Crippen LogP contribution is 2.23. The molecule has 0 radical (unpaired) electrons. The molecule has 1 atom stereocenters. The van der Waals surface area contributed by atoms with Gasteiger partial charge in [-0.2, -0.15) is 0 Å². The van der Waals surface area contributed by atoms with Crippen molar-refractivity contribution < 1.29 is 9.53 Å². The van der Waals surface area contributed by atoms with E-state index in [0.29, 0.717) is 18.4 Å². The SMILES string of the molecule is O=C(C1CCCOC1)N1CC(CCl)C1. The predicted molar refractivity (Wildman–Crippen MR) is 54.3 cm³/mol. The lowest BCUT2D eigenvalue weighted by atomic mass is 9.95. The van der Waals surface area contributed by atoms with E-state index in [9.17, 15) is 4.79 Å². The summed E-state index contributed by atoms with van der Waals surface area (Å²) in [5, 5.41) is 0. The summed E-state index contributed by atoms with van der Waals surface area (Å²) < 4.78 is 5.30. The molecule has 2 rings (SSSR count). The summed E-state index contributed by atoms with van der Waals surface area (Å²) in [6, 6.07) is 0. The maximum absolute atomic E-state index is 11.8. The number of carbonyl (C=O) groups excluding carboxylic acids is 1. The highest BCUT2D eigenvalue weighted by Gasteiger charge is 2.34. The minimum atomic E-state index is 0.111. The van der Waals surface area contributed by atoms with Gasteiger partial charge in [-0.15, -0.1) is 11.6 Å². The first kappa shape index (κ1) is 10.2. The van der Waals surface area contributed by atoms with Crippen molar-refractivity contribution in [1.82, 2.24) is 4.90 Å². The van der Waals surface area contributed by atoms with Gasteiger partial charge in [-0.05, 0) is 12.8 Å². The minimum Gasteiger partial charge on any atom is -0.381 e. The van der Waals surface area contributed by atoms with Crippen molar-refractivity contribution in [2.75, 3.05) is 32.2 Å². The molecule has 0 spiro atoms. The van der Waals surface area contributed by atoms with Crippen LogP contribution in [0.3, 0.4) is 0 Å². The topological polar surface area (TPSA) is 29.5 Å². The van der Waals surface area contributed by atoms with Crippen LogP contribution in [0.25, 0.3) is 0 Å². The van der Waals surface area contributed by atoms with Crippen molar-refractivity contribution in [3.8, 4) is 0 Å². The third-order valence-electron chi connectivity index (χ3n) is 3.00. The number of hydrogen-bond acceptors (Lipinski definition) is 2. The quantitative estimate of drug-likeness (QED) is 0.649. The molecule has 1 unspecified atom stereocenters. The van der Waals surface area contributed by atoms with Crippen LogP contribution in [0.1, 0.15) is 12.8 Å². The molecule has 0 N–H and O–H groups in total. The van der Waals surface area contributed by atoms with Crippen LogP contribution in [-0.4, -0.2) is 43.0 Å². The summed E-state index contributed by atoms with van der Waals surface area (Å²) in [6.45, 7) is 3.12. The number of amides is 1. The van der Waals surface area contributed by atoms with E-state index < -0.39 is 0 Å². The summed E-state index contributed by atoms with van der Waals surface area (Å²) in [4.78, 5) is 13.8. The fraction of sp³-hybridized carbons (Fsp3) is 0.900. The van der Waals surface area contributed by atoms with Crippen LogP contribution in [0, 0.1) is 11.8 Å². The van der Waals surface area contributed by atoms with Crippen LogP contribution in [0.15, 0.2) is 0 Å². The van der Waals surface area contributed by atoms with Gasteiger partial charge in [0.2, 0.25) is 5.91 Å². The third kappa shape index (κ3) is 2.04. The average Bonchev–Trinajstić information content (AvgIpc) is 2.17. The highest BCUT2D eigenvalue weighted by atomic mass is 35.5. The van der Waals surface area contributed by atoms with E-state index in [4.69, 9.17) is 16.3 Å². The Kier molecular flexibility index (Phi) is 3.29. The van der Waals surface area contributed by atoms with Crippen LogP contribution in [0.2, 0.25) is 0 Å². The Morgan fingerprint density at radius 2 is 2.29 bits per heavy atom. The van der Waals surface area contributed by atoms with Crippen LogP contribution in [-0.2, 0) is 9.53 Å². The second-order valence-electron chi connectivity index (χ2n) is 4.18. The molecule has 0 aliphatic carbocycles. The summed E-state index contributed by atoms with van der Waals surface area (Å²) in [5.41, 5.74) is 0. The molecule has 80 valence electrons. The molecule has 4 heteroatoms. The Morgan fingerprint density at radius 1 is 1.50 bits per heavy atom. The van der Waals surface area contributed by atoms with Gasteiger partial charge in [0.15, 0.2) is 0 Å². The van der Waals surface area contributed by atoms with Gasteiger partial charge < -0.3 is 9.64 Å². The van der Waals surface area contributed by atoms with E-state index in [0.717, 1.165) is 32.5 Å². The second-order valence-corrected chi connectivity index (χ2v) is 4.49. The lowest BCUT2D eigenvalue weighted by Crippen LogP contribution is -2.53. The zero-order valence-electron chi connectivity index (χ0n) is 8.25. The first-order chi connectivity index (χ1) is 6.81. The van der Waals surface area contributed by atoms with Gasteiger partial charge in [0.1, 0.15) is 0 Å². The molecule has 2 fully saturated rings. The second kappa shape index (κ2) is 4.49. The van der Waals surface area contributed by atoms with Crippen LogP contribution in [0.4, 0.5) is 0 Å². The molecule has 0 aromatic rings. The number of ether oxygens (including phenoxy) is 1. The van der Waals surface area contributed by atoms with Gasteiger partial charge in [0.25, 0.3) is 0 Å². The molecule has 2 aliphatic heterocycles. The Morgan fingerprint density at radius 3 is 2.86 bits per heavy atom. The Labute approximate surface area is 89.4 Å². The Hall–Kier alpha value is -0.280. The standard InChI is InChI=1S/C10H16ClNO2/c11-4-8-5-12(6-8)10(13)9-2-1-3-14-7-9/h8-9H,1-7H2. The van der Waals surface area contributed by atoms with Crippen LogP contribution in [0.5, 0.6) is 0 Å². The van der Waals surface area contributed by atoms with E-state index in [1.807, 2.05) is 4.90 Å². The van der Waals surface area contributed by atoms with Gasteiger partial charge in [0, 0.05) is 31.5 Å². The zero-order chi connectivity index (χ0) is 9.97. The van der Waals surface area contributed by atoms with Crippen molar-refractivity contribution in [3.63, 3.8) is 0 Å². The lowest BCUT2D eigenvalue weighted by molar-refractivity contribution is -0.145. The molecule has 2 saturated heterocycles. The van der Waals surface area contributed by atoms with Crippen LogP contribution < -0.4 is 0 Å². The summed E-state index contributed by atoms with van der Waals surface area (Å²) >= 11 is 5.70. The average molecular weight is 218 g/mol. The van der Waals surface area contributed by atoms with E-state index in [-0.39, 0.29) is 11.8 Å². The Bertz CT molecular complexity index is 210. The van der Waals surface area contributed by atoms with Gasteiger partial charge in [-0.3, -0.25) is 4.79 Å². The maximum Gasteiger partial charge on any atom is 0.228 e. The number of alkyl halides is 1. The van der Waals surface area contributed by atoms with Gasteiger partial charge in [0.05, 0.1) is 12.5 Å². The van der Waals surface area contributed by atoms with E-state index in [2.05, 4.69) is 0 Å². The maximum atomic E-state index is 11.8. The van der Waals surface area contributed by atoms with Crippen molar-refractivity contribution in [1.29, 1.82) is 0 Å². The van der Waals surface area contributed by atoms with E-state index in [1.165, 1.54) is 0 Å². The number of nitrogens with zero attached hydrogens (tertiary/aromatic N) is 1. The molecule has 2 aliphatic rings. The Balaban J connectivity index is 1.78. The monoisotopic (exact) mass is 217 g/mol.